The molecule has 0 atom stereocenters. The minimum Gasteiger partial charge on any atom is -0.450 e. The number of anilines is 2. The van der Waals surface area contributed by atoms with E-state index in [1.165, 1.54) is 18.5 Å². The van der Waals surface area contributed by atoms with Crippen molar-refractivity contribution in [3.05, 3.63) is 24.3 Å². The van der Waals surface area contributed by atoms with Crippen LogP contribution in [0.2, 0.25) is 0 Å². The van der Waals surface area contributed by atoms with Gasteiger partial charge in [-0.05, 0) is 49.9 Å². The van der Waals surface area contributed by atoms with E-state index in [2.05, 4.69) is 22.5 Å². The molecule has 24 heavy (non-hydrogen) atoms. The maximum atomic E-state index is 11.9. The van der Waals surface area contributed by atoms with Gasteiger partial charge in [0.25, 0.3) is 0 Å². The van der Waals surface area contributed by atoms with Crippen LogP contribution in [0.5, 0.6) is 0 Å². The van der Waals surface area contributed by atoms with Crippen molar-refractivity contribution in [1.82, 2.24) is 5.32 Å². The second-order valence-corrected chi connectivity index (χ2v) is 6.16. The van der Waals surface area contributed by atoms with Crippen molar-refractivity contribution in [1.29, 1.82) is 0 Å². The van der Waals surface area contributed by atoms with Crippen LogP contribution in [0.4, 0.5) is 16.2 Å². The van der Waals surface area contributed by atoms with Crippen LogP contribution in [0.25, 0.3) is 0 Å². The Hall–Kier alpha value is -2.24. The normalized spacial score (nSPS) is 15.0. The number of hydrogen-bond donors (Lipinski definition) is 2. The molecule has 2 rings (SSSR count). The third-order valence-corrected chi connectivity index (χ3v) is 4.20. The predicted octanol–water partition coefficient (Wildman–Crippen LogP) is 3.00. The first-order valence-electron chi connectivity index (χ1n) is 8.64. The smallest absolute Gasteiger partial charge is 0.407 e. The molecule has 2 N–H and O–H groups in total. The van der Waals surface area contributed by atoms with E-state index in [1.807, 2.05) is 24.3 Å². The average Bonchev–Trinajstić information content (AvgIpc) is 2.56. The van der Waals surface area contributed by atoms with Crippen LogP contribution in [0, 0.1) is 5.92 Å². The predicted molar refractivity (Wildman–Crippen MR) is 95.3 cm³/mol. The first-order chi connectivity index (χ1) is 11.6. The highest BCUT2D eigenvalue weighted by atomic mass is 16.5. The Labute approximate surface area is 143 Å². The van der Waals surface area contributed by atoms with Crippen LogP contribution in [0.3, 0.4) is 0 Å². The van der Waals surface area contributed by atoms with Crippen LogP contribution in [-0.4, -0.2) is 38.2 Å². The number of rotatable bonds is 6. The zero-order valence-corrected chi connectivity index (χ0v) is 14.5. The van der Waals surface area contributed by atoms with Crippen LogP contribution in [0.1, 0.15) is 33.1 Å². The summed E-state index contributed by atoms with van der Waals surface area (Å²) in [7, 11) is 0. The topological polar surface area (TPSA) is 70.7 Å². The van der Waals surface area contributed by atoms with Crippen molar-refractivity contribution < 1.29 is 14.3 Å². The van der Waals surface area contributed by atoms with E-state index in [4.69, 9.17) is 4.74 Å². The molecule has 0 aromatic heterocycles. The minimum atomic E-state index is -0.495. The number of piperidine rings is 1. The molecule has 0 saturated carbocycles. The zero-order chi connectivity index (χ0) is 17.4. The lowest BCUT2D eigenvalue weighted by Gasteiger charge is -2.32. The third kappa shape index (κ3) is 5.76. The number of nitrogens with one attached hydrogen (secondary N) is 2. The second kappa shape index (κ2) is 9.15. The van der Waals surface area contributed by atoms with Crippen molar-refractivity contribution in [2.24, 2.45) is 5.92 Å². The van der Waals surface area contributed by atoms with E-state index in [0.29, 0.717) is 6.61 Å². The molecule has 1 aromatic carbocycles. The van der Waals surface area contributed by atoms with E-state index >= 15 is 0 Å². The number of alkyl carbamates (subject to hydrolysis) is 1. The first kappa shape index (κ1) is 18.1. The minimum absolute atomic E-state index is 0.133. The SMILES string of the molecule is CCOC(=O)NCCC(=O)Nc1ccc(N2CCC(C)CC2)cc1. The zero-order valence-electron chi connectivity index (χ0n) is 14.5. The molecule has 6 nitrogen and oxygen atoms in total. The Morgan fingerprint density at radius 2 is 1.88 bits per heavy atom. The van der Waals surface area contributed by atoms with E-state index in [1.54, 1.807) is 6.92 Å². The van der Waals surface area contributed by atoms with Gasteiger partial charge in [-0.3, -0.25) is 4.79 Å². The maximum absolute atomic E-state index is 11.9. The van der Waals surface area contributed by atoms with Crippen LogP contribution in [0.15, 0.2) is 24.3 Å². The summed E-state index contributed by atoms with van der Waals surface area (Å²) in [4.78, 5) is 25.4. The van der Waals surface area contributed by atoms with Crippen molar-refractivity contribution in [2.45, 2.75) is 33.1 Å². The molecule has 1 aromatic rings. The molecule has 1 aliphatic heterocycles. The summed E-state index contributed by atoms with van der Waals surface area (Å²) < 4.78 is 4.73. The monoisotopic (exact) mass is 333 g/mol. The van der Waals surface area contributed by atoms with E-state index < -0.39 is 6.09 Å². The summed E-state index contributed by atoms with van der Waals surface area (Å²) in [6.45, 7) is 6.79. The molecule has 0 spiro atoms. The Kier molecular flexibility index (Phi) is 6.90. The Morgan fingerprint density at radius 3 is 2.50 bits per heavy atom. The van der Waals surface area contributed by atoms with Crippen molar-refractivity contribution in [3.63, 3.8) is 0 Å². The van der Waals surface area contributed by atoms with Gasteiger partial charge in [-0.1, -0.05) is 6.92 Å². The van der Waals surface area contributed by atoms with Gasteiger partial charge in [-0.25, -0.2) is 4.79 Å². The Balaban J connectivity index is 1.75. The van der Waals surface area contributed by atoms with Gasteiger partial charge >= 0.3 is 6.09 Å². The quantitative estimate of drug-likeness (QED) is 0.839. The van der Waals surface area contributed by atoms with Gasteiger partial charge in [0.2, 0.25) is 5.91 Å². The fourth-order valence-corrected chi connectivity index (χ4v) is 2.71. The van der Waals surface area contributed by atoms with Gasteiger partial charge in [-0.15, -0.1) is 0 Å². The number of hydrogen-bond acceptors (Lipinski definition) is 4. The summed E-state index contributed by atoms with van der Waals surface area (Å²) in [6, 6.07) is 7.93. The van der Waals surface area contributed by atoms with Gasteiger partial charge in [0.1, 0.15) is 0 Å². The third-order valence-electron chi connectivity index (χ3n) is 4.20. The lowest BCUT2D eigenvalue weighted by molar-refractivity contribution is -0.116. The lowest BCUT2D eigenvalue weighted by atomic mass is 9.99. The summed E-state index contributed by atoms with van der Waals surface area (Å²) >= 11 is 0. The lowest BCUT2D eigenvalue weighted by Crippen LogP contribution is -2.32. The van der Waals surface area contributed by atoms with Crippen LogP contribution in [-0.2, 0) is 9.53 Å². The molecule has 0 unspecified atom stereocenters. The molecule has 0 radical (unpaired) electrons. The average molecular weight is 333 g/mol. The molecular weight excluding hydrogens is 306 g/mol. The Bertz CT molecular complexity index is 537. The molecule has 1 heterocycles. The highest BCUT2D eigenvalue weighted by Gasteiger charge is 2.15. The molecule has 0 aliphatic carbocycles. The molecular formula is C18H27N3O3. The van der Waals surface area contributed by atoms with Gasteiger partial charge in [0.15, 0.2) is 0 Å². The van der Waals surface area contributed by atoms with Crippen LogP contribution >= 0.6 is 0 Å². The highest BCUT2D eigenvalue weighted by molar-refractivity contribution is 5.91. The largest absolute Gasteiger partial charge is 0.450 e. The molecule has 2 amide bonds. The van der Waals surface area contributed by atoms with Gasteiger partial charge in [0, 0.05) is 37.4 Å². The molecule has 132 valence electrons. The second-order valence-electron chi connectivity index (χ2n) is 6.16. The molecule has 1 fully saturated rings. The van der Waals surface area contributed by atoms with Gasteiger partial charge in [-0.2, -0.15) is 0 Å². The molecule has 0 bridgehead atoms. The fourth-order valence-electron chi connectivity index (χ4n) is 2.71. The van der Waals surface area contributed by atoms with E-state index in [-0.39, 0.29) is 18.9 Å². The van der Waals surface area contributed by atoms with Crippen molar-refractivity contribution in [3.8, 4) is 0 Å². The van der Waals surface area contributed by atoms with Crippen molar-refractivity contribution >= 4 is 23.4 Å². The van der Waals surface area contributed by atoms with E-state index in [0.717, 1.165) is 24.7 Å². The maximum Gasteiger partial charge on any atom is 0.407 e. The van der Waals surface area contributed by atoms with E-state index in [9.17, 15) is 9.59 Å². The Morgan fingerprint density at radius 1 is 1.21 bits per heavy atom. The number of carbonyl (C=O) groups excluding carboxylic acids is 2. The summed E-state index contributed by atoms with van der Waals surface area (Å²) in [6.07, 6.45) is 2.17. The number of ether oxygens (including phenoxy) is 1. The van der Waals surface area contributed by atoms with Crippen LogP contribution < -0.4 is 15.5 Å². The van der Waals surface area contributed by atoms with Gasteiger partial charge in [0.05, 0.1) is 6.61 Å². The molecule has 1 aliphatic rings. The fraction of sp³-hybridized carbons (Fsp3) is 0.556. The number of nitrogens with zero attached hydrogens (tertiary/aromatic N) is 1. The number of amides is 2. The molecule has 6 heteroatoms. The summed E-state index contributed by atoms with van der Waals surface area (Å²) in [5.74, 6) is 0.675. The number of carbonyl (C=O) groups is 2. The highest BCUT2D eigenvalue weighted by Crippen LogP contribution is 2.24. The van der Waals surface area contributed by atoms with Crippen molar-refractivity contribution in [2.75, 3.05) is 36.5 Å². The standard InChI is InChI=1S/C18H27N3O3/c1-3-24-18(23)19-11-8-17(22)20-15-4-6-16(7-5-15)21-12-9-14(2)10-13-21/h4-7,14H,3,8-13H2,1-2H3,(H,19,23)(H,20,22). The number of benzene rings is 1. The van der Waals surface area contributed by atoms with Gasteiger partial charge < -0.3 is 20.3 Å². The summed E-state index contributed by atoms with van der Waals surface area (Å²) in [5, 5.41) is 5.36. The first-order valence-corrected chi connectivity index (χ1v) is 8.64. The summed E-state index contributed by atoms with van der Waals surface area (Å²) in [5.41, 5.74) is 1.97. The molecule has 1 saturated heterocycles.